The third-order valence-corrected chi connectivity index (χ3v) is 6.82. The Labute approximate surface area is 195 Å². The molecule has 4 nitrogen and oxygen atoms in total. The number of benzene rings is 2. The number of esters is 1. The molecule has 1 fully saturated rings. The molecule has 0 saturated heterocycles. The van der Waals surface area contributed by atoms with E-state index in [0.29, 0.717) is 23.6 Å². The molecule has 1 aromatic heterocycles. The second kappa shape index (κ2) is 9.62. The lowest BCUT2D eigenvalue weighted by Crippen LogP contribution is -2.10. The molecular weight excluding hydrogens is 410 g/mol. The maximum Gasteiger partial charge on any atom is 0.337 e. The van der Waals surface area contributed by atoms with E-state index >= 15 is 0 Å². The molecule has 0 atom stereocenters. The lowest BCUT2D eigenvalue weighted by Gasteiger charge is -2.24. The number of ether oxygens (including phenoxy) is 1. The molecule has 0 unspecified atom stereocenters. The molecule has 1 heterocycles. The van der Waals surface area contributed by atoms with Gasteiger partial charge in [0.15, 0.2) is 5.78 Å². The Hall–Kier alpha value is -3.40. The lowest BCUT2D eigenvalue weighted by atomic mass is 9.81. The number of fused-ring (bicyclic) bond motifs is 1. The highest BCUT2D eigenvalue weighted by molar-refractivity contribution is 6.00. The monoisotopic (exact) mass is 441 g/mol. The van der Waals surface area contributed by atoms with E-state index in [0.717, 1.165) is 40.6 Å². The standard InChI is InChI=1S/C29H31NO3/c1-5-21-11-9-10-14-24(21)28-27(22-12-7-6-8-13-22)25-16-15-23(29(32)33-4)17-26(25)30(28)18-19(2)20(3)31/h5,9-11,14-17,22H,1-2,6-8,12-13,18H2,3-4H3. The zero-order valence-corrected chi connectivity index (χ0v) is 19.5. The number of allylic oxidation sites excluding steroid dienone is 1. The van der Waals surface area contributed by atoms with Crippen LogP contribution in [0.1, 0.15) is 66.4 Å². The second-order valence-electron chi connectivity index (χ2n) is 8.86. The fourth-order valence-corrected chi connectivity index (χ4v) is 5.07. The molecule has 1 saturated carbocycles. The summed E-state index contributed by atoms with van der Waals surface area (Å²) in [6, 6.07) is 14.0. The number of hydrogen-bond acceptors (Lipinski definition) is 3. The topological polar surface area (TPSA) is 48.3 Å². The van der Waals surface area contributed by atoms with Crippen molar-refractivity contribution in [1.29, 1.82) is 0 Å². The van der Waals surface area contributed by atoms with E-state index in [4.69, 9.17) is 4.74 Å². The molecule has 2 aromatic carbocycles. The number of rotatable bonds is 7. The number of aromatic nitrogens is 1. The summed E-state index contributed by atoms with van der Waals surface area (Å²) in [4.78, 5) is 24.5. The fraction of sp³-hybridized carbons (Fsp3) is 0.310. The highest BCUT2D eigenvalue weighted by Crippen LogP contribution is 2.45. The van der Waals surface area contributed by atoms with Crippen molar-refractivity contribution < 1.29 is 14.3 Å². The van der Waals surface area contributed by atoms with Gasteiger partial charge in [-0.3, -0.25) is 4.79 Å². The van der Waals surface area contributed by atoms with Crippen molar-refractivity contribution >= 4 is 28.7 Å². The first-order chi connectivity index (χ1) is 16.0. The van der Waals surface area contributed by atoms with E-state index in [1.165, 1.54) is 31.9 Å². The van der Waals surface area contributed by atoms with Crippen molar-refractivity contribution in [2.75, 3.05) is 7.11 Å². The van der Waals surface area contributed by atoms with Crippen LogP contribution in [0, 0.1) is 0 Å². The van der Waals surface area contributed by atoms with Crippen molar-refractivity contribution in [2.24, 2.45) is 0 Å². The van der Waals surface area contributed by atoms with E-state index < -0.39 is 0 Å². The van der Waals surface area contributed by atoms with Crippen LogP contribution >= 0.6 is 0 Å². The summed E-state index contributed by atoms with van der Waals surface area (Å²) in [5.41, 5.74) is 6.47. The van der Waals surface area contributed by atoms with E-state index in [9.17, 15) is 9.59 Å². The molecule has 1 aliphatic carbocycles. The van der Waals surface area contributed by atoms with Gasteiger partial charge in [0.05, 0.1) is 24.9 Å². The van der Waals surface area contributed by atoms with Crippen LogP contribution in [0.3, 0.4) is 0 Å². The quantitative estimate of drug-likeness (QED) is 0.295. The highest BCUT2D eigenvalue weighted by atomic mass is 16.5. The lowest BCUT2D eigenvalue weighted by molar-refractivity contribution is -0.113. The fourth-order valence-electron chi connectivity index (χ4n) is 5.07. The SMILES string of the molecule is C=Cc1ccccc1-c1c(C2CCCCC2)c2ccc(C(=O)OC)cc2n1CC(=C)C(C)=O. The van der Waals surface area contributed by atoms with Gasteiger partial charge in [0, 0.05) is 22.0 Å². The van der Waals surface area contributed by atoms with Crippen LogP contribution in [-0.2, 0) is 16.1 Å². The van der Waals surface area contributed by atoms with E-state index in [1.54, 1.807) is 6.92 Å². The van der Waals surface area contributed by atoms with Crippen molar-refractivity contribution in [1.82, 2.24) is 4.57 Å². The van der Waals surface area contributed by atoms with Gasteiger partial charge in [0.2, 0.25) is 0 Å². The third-order valence-electron chi connectivity index (χ3n) is 6.82. The zero-order chi connectivity index (χ0) is 23.5. The van der Waals surface area contributed by atoms with Gasteiger partial charge in [-0.25, -0.2) is 4.79 Å². The number of hydrogen-bond donors (Lipinski definition) is 0. The van der Waals surface area contributed by atoms with Gasteiger partial charge in [0.25, 0.3) is 0 Å². The first-order valence-electron chi connectivity index (χ1n) is 11.6. The number of carbonyl (C=O) groups is 2. The van der Waals surface area contributed by atoms with Crippen LogP contribution in [0.15, 0.2) is 61.2 Å². The van der Waals surface area contributed by atoms with Gasteiger partial charge in [-0.15, -0.1) is 0 Å². The number of Topliss-reactive ketones (excluding diaryl/α,β-unsaturated/α-hetero) is 1. The van der Waals surface area contributed by atoms with Crippen LogP contribution in [-0.4, -0.2) is 23.4 Å². The molecule has 0 aliphatic heterocycles. The van der Waals surface area contributed by atoms with Gasteiger partial charge in [0.1, 0.15) is 0 Å². The molecule has 0 bridgehead atoms. The Morgan fingerprint density at radius 2 is 1.85 bits per heavy atom. The first kappa shape index (κ1) is 22.8. The molecule has 0 N–H and O–H groups in total. The smallest absolute Gasteiger partial charge is 0.337 e. The van der Waals surface area contributed by atoms with E-state index in [1.807, 2.05) is 36.4 Å². The minimum Gasteiger partial charge on any atom is -0.465 e. The van der Waals surface area contributed by atoms with Crippen molar-refractivity contribution in [3.63, 3.8) is 0 Å². The van der Waals surface area contributed by atoms with Gasteiger partial charge in [-0.1, -0.05) is 68.8 Å². The highest BCUT2D eigenvalue weighted by Gasteiger charge is 2.28. The van der Waals surface area contributed by atoms with Gasteiger partial charge < -0.3 is 9.30 Å². The van der Waals surface area contributed by atoms with Crippen LogP contribution in [0.25, 0.3) is 28.2 Å². The second-order valence-corrected chi connectivity index (χ2v) is 8.86. The van der Waals surface area contributed by atoms with Crippen LogP contribution in [0.5, 0.6) is 0 Å². The Morgan fingerprint density at radius 1 is 1.12 bits per heavy atom. The summed E-state index contributed by atoms with van der Waals surface area (Å²) in [7, 11) is 1.39. The Balaban J connectivity index is 2.09. The molecule has 170 valence electrons. The Kier molecular flexibility index (Phi) is 6.64. The maximum absolute atomic E-state index is 12.3. The van der Waals surface area contributed by atoms with Crippen molar-refractivity contribution in [2.45, 2.75) is 51.5 Å². The molecular formula is C29H31NO3. The minimum absolute atomic E-state index is 0.0388. The molecule has 33 heavy (non-hydrogen) atoms. The Morgan fingerprint density at radius 3 is 2.52 bits per heavy atom. The minimum atomic E-state index is -0.373. The summed E-state index contributed by atoms with van der Waals surface area (Å²) in [5, 5.41) is 1.12. The van der Waals surface area contributed by atoms with Crippen molar-refractivity contribution in [3.8, 4) is 11.3 Å². The molecule has 0 amide bonds. The van der Waals surface area contributed by atoms with E-state index in [-0.39, 0.29) is 11.8 Å². The molecule has 1 aliphatic rings. The predicted octanol–water partition coefficient (Wildman–Crippen LogP) is 6.93. The molecule has 3 aromatic rings. The van der Waals surface area contributed by atoms with Crippen LogP contribution < -0.4 is 0 Å². The third kappa shape index (κ3) is 4.30. The van der Waals surface area contributed by atoms with Gasteiger partial charge in [-0.2, -0.15) is 0 Å². The summed E-state index contributed by atoms with van der Waals surface area (Å²) < 4.78 is 7.15. The van der Waals surface area contributed by atoms with Gasteiger partial charge >= 0.3 is 5.97 Å². The molecule has 4 heteroatoms. The number of ketones is 1. The number of nitrogens with zero attached hydrogens (tertiary/aromatic N) is 1. The van der Waals surface area contributed by atoms with Crippen LogP contribution in [0.4, 0.5) is 0 Å². The molecule has 0 radical (unpaired) electrons. The summed E-state index contributed by atoms with van der Waals surface area (Å²) >= 11 is 0. The average Bonchev–Trinajstić information content (AvgIpc) is 3.16. The van der Waals surface area contributed by atoms with Crippen molar-refractivity contribution in [3.05, 3.63) is 77.9 Å². The Bertz CT molecular complexity index is 1240. The summed E-state index contributed by atoms with van der Waals surface area (Å²) in [6.45, 7) is 10.00. The maximum atomic E-state index is 12.3. The average molecular weight is 442 g/mol. The number of methoxy groups -OCH3 is 1. The molecule has 4 rings (SSSR count). The normalized spacial score (nSPS) is 14.2. The zero-order valence-electron chi connectivity index (χ0n) is 19.5. The summed E-state index contributed by atoms with van der Waals surface area (Å²) in [5.74, 6) is 0.00962. The molecule has 0 spiro atoms. The van der Waals surface area contributed by atoms with Gasteiger partial charge in [-0.05, 0) is 48.9 Å². The first-order valence-corrected chi connectivity index (χ1v) is 11.6. The predicted molar refractivity (Wildman–Crippen MR) is 134 cm³/mol. The largest absolute Gasteiger partial charge is 0.465 e. The van der Waals surface area contributed by atoms with Crippen LogP contribution in [0.2, 0.25) is 0 Å². The summed E-state index contributed by atoms with van der Waals surface area (Å²) in [6.07, 6.45) is 7.83. The van der Waals surface area contributed by atoms with E-state index in [2.05, 4.69) is 29.9 Å². The number of carbonyl (C=O) groups excluding carboxylic acids is 2.